The Morgan fingerprint density at radius 1 is 1.29 bits per heavy atom. The standard InChI is InChI=1S/C11H10F2O4/c1-3-17-11(15)10(14)6-4-7(12)9(13)8(5-6)16-2/h4-5H,3H2,1-2H3. The molecule has 0 saturated carbocycles. The Bertz CT molecular complexity index is 457. The topological polar surface area (TPSA) is 52.6 Å². The molecule has 0 aliphatic rings. The maximum Gasteiger partial charge on any atom is 0.379 e. The van der Waals surface area contributed by atoms with Crippen LogP contribution in [0.3, 0.4) is 0 Å². The molecule has 0 bridgehead atoms. The first-order chi connectivity index (χ1) is 8.01. The molecule has 6 heteroatoms. The Hall–Kier alpha value is -1.98. The summed E-state index contributed by atoms with van der Waals surface area (Å²) in [6.07, 6.45) is 0. The van der Waals surface area contributed by atoms with Crippen molar-refractivity contribution >= 4 is 11.8 Å². The lowest BCUT2D eigenvalue weighted by molar-refractivity contribution is -0.137. The lowest BCUT2D eigenvalue weighted by atomic mass is 10.1. The number of esters is 1. The van der Waals surface area contributed by atoms with E-state index in [2.05, 4.69) is 9.47 Å². The van der Waals surface area contributed by atoms with Gasteiger partial charge in [0.05, 0.1) is 13.7 Å². The van der Waals surface area contributed by atoms with E-state index in [0.29, 0.717) is 6.07 Å². The van der Waals surface area contributed by atoms with Crippen LogP contribution in [-0.4, -0.2) is 25.5 Å². The van der Waals surface area contributed by atoms with Gasteiger partial charge in [-0.3, -0.25) is 4.79 Å². The summed E-state index contributed by atoms with van der Waals surface area (Å²) in [6, 6.07) is 1.56. The van der Waals surface area contributed by atoms with Gasteiger partial charge in [-0.15, -0.1) is 0 Å². The molecular weight excluding hydrogens is 234 g/mol. The maximum atomic E-state index is 13.1. The zero-order valence-electron chi connectivity index (χ0n) is 9.25. The summed E-state index contributed by atoms with van der Waals surface area (Å²) in [5, 5.41) is 0. The van der Waals surface area contributed by atoms with Gasteiger partial charge in [0.1, 0.15) is 0 Å². The number of carbonyl (C=O) groups is 2. The second kappa shape index (κ2) is 5.38. The van der Waals surface area contributed by atoms with Crippen LogP contribution < -0.4 is 4.74 Å². The summed E-state index contributed by atoms with van der Waals surface area (Å²) >= 11 is 0. The molecule has 4 nitrogen and oxygen atoms in total. The smallest absolute Gasteiger partial charge is 0.379 e. The van der Waals surface area contributed by atoms with Crippen LogP contribution in [0.25, 0.3) is 0 Å². The average Bonchev–Trinajstić information content (AvgIpc) is 2.31. The van der Waals surface area contributed by atoms with Gasteiger partial charge in [-0.05, 0) is 19.1 Å². The first-order valence-electron chi connectivity index (χ1n) is 4.75. The van der Waals surface area contributed by atoms with Crippen LogP contribution >= 0.6 is 0 Å². The third-order valence-corrected chi connectivity index (χ3v) is 1.94. The Labute approximate surface area is 96.1 Å². The highest BCUT2D eigenvalue weighted by atomic mass is 19.2. The first-order valence-corrected chi connectivity index (χ1v) is 4.75. The van der Waals surface area contributed by atoms with Gasteiger partial charge in [-0.25, -0.2) is 9.18 Å². The largest absolute Gasteiger partial charge is 0.494 e. The minimum atomic E-state index is -1.27. The van der Waals surface area contributed by atoms with E-state index < -0.39 is 29.1 Å². The van der Waals surface area contributed by atoms with Crippen LogP contribution in [0.5, 0.6) is 5.75 Å². The van der Waals surface area contributed by atoms with Gasteiger partial charge >= 0.3 is 5.97 Å². The fraction of sp³-hybridized carbons (Fsp3) is 0.273. The molecule has 0 spiro atoms. The van der Waals surface area contributed by atoms with Gasteiger partial charge in [-0.2, -0.15) is 4.39 Å². The summed E-state index contributed by atoms with van der Waals surface area (Å²) in [7, 11) is 1.12. The summed E-state index contributed by atoms with van der Waals surface area (Å²) in [5.74, 6) is -5.10. The molecule has 0 aromatic heterocycles. The van der Waals surface area contributed by atoms with Crippen molar-refractivity contribution in [1.29, 1.82) is 0 Å². The van der Waals surface area contributed by atoms with Gasteiger partial charge in [0.2, 0.25) is 5.82 Å². The molecule has 17 heavy (non-hydrogen) atoms. The van der Waals surface area contributed by atoms with Crippen molar-refractivity contribution in [3.05, 3.63) is 29.3 Å². The SMILES string of the molecule is CCOC(=O)C(=O)c1cc(F)c(F)c(OC)c1. The second-order valence-corrected chi connectivity index (χ2v) is 3.02. The van der Waals surface area contributed by atoms with Crippen molar-refractivity contribution in [2.45, 2.75) is 6.92 Å². The normalized spacial score (nSPS) is 9.88. The maximum absolute atomic E-state index is 13.1. The van der Waals surface area contributed by atoms with E-state index in [1.165, 1.54) is 6.92 Å². The number of hydrogen-bond acceptors (Lipinski definition) is 4. The van der Waals surface area contributed by atoms with Gasteiger partial charge in [0, 0.05) is 5.56 Å². The molecule has 0 atom stereocenters. The van der Waals surface area contributed by atoms with Crippen molar-refractivity contribution in [1.82, 2.24) is 0 Å². The highest BCUT2D eigenvalue weighted by molar-refractivity contribution is 6.40. The van der Waals surface area contributed by atoms with Crippen molar-refractivity contribution in [2.24, 2.45) is 0 Å². The number of hydrogen-bond donors (Lipinski definition) is 0. The van der Waals surface area contributed by atoms with E-state index in [1.807, 2.05) is 0 Å². The van der Waals surface area contributed by atoms with E-state index in [0.717, 1.165) is 13.2 Å². The third kappa shape index (κ3) is 2.77. The predicted molar refractivity (Wildman–Crippen MR) is 53.9 cm³/mol. The Morgan fingerprint density at radius 3 is 2.47 bits per heavy atom. The molecule has 0 aliphatic heterocycles. The van der Waals surface area contributed by atoms with Gasteiger partial charge < -0.3 is 9.47 Å². The van der Waals surface area contributed by atoms with Gasteiger partial charge in [-0.1, -0.05) is 0 Å². The molecule has 0 saturated heterocycles. The van der Waals surface area contributed by atoms with Crippen LogP contribution in [0.1, 0.15) is 17.3 Å². The van der Waals surface area contributed by atoms with Crippen molar-refractivity contribution in [2.75, 3.05) is 13.7 Å². The van der Waals surface area contributed by atoms with E-state index in [1.54, 1.807) is 0 Å². The van der Waals surface area contributed by atoms with E-state index in [9.17, 15) is 18.4 Å². The third-order valence-electron chi connectivity index (χ3n) is 1.94. The number of rotatable bonds is 4. The summed E-state index contributed by atoms with van der Waals surface area (Å²) in [6.45, 7) is 1.54. The fourth-order valence-electron chi connectivity index (χ4n) is 1.16. The van der Waals surface area contributed by atoms with Crippen molar-refractivity contribution in [3.63, 3.8) is 0 Å². The number of ether oxygens (including phenoxy) is 2. The zero-order chi connectivity index (χ0) is 13.0. The number of ketones is 1. The highest BCUT2D eigenvalue weighted by Gasteiger charge is 2.21. The molecule has 0 amide bonds. The molecule has 92 valence electrons. The fourth-order valence-corrected chi connectivity index (χ4v) is 1.16. The summed E-state index contributed by atoms with van der Waals surface area (Å²) in [5.41, 5.74) is -0.320. The van der Waals surface area contributed by atoms with Crippen LogP contribution in [0.15, 0.2) is 12.1 Å². The molecule has 1 aromatic carbocycles. The molecule has 0 fully saturated rings. The van der Waals surface area contributed by atoms with Crippen LogP contribution in [0, 0.1) is 11.6 Å². The van der Waals surface area contributed by atoms with Gasteiger partial charge in [0.15, 0.2) is 11.6 Å². The molecule has 1 aromatic rings. The molecule has 0 unspecified atom stereocenters. The molecule has 0 heterocycles. The average molecular weight is 244 g/mol. The van der Waals surface area contributed by atoms with Crippen molar-refractivity contribution in [3.8, 4) is 5.75 Å². The number of halogens is 2. The summed E-state index contributed by atoms with van der Waals surface area (Å²) in [4.78, 5) is 22.6. The van der Waals surface area contributed by atoms with E-state index >= 15 is 0 Å². The quantitative estimate of drug-likeness (QED) is 0.459. The lowest BCUT2D eigenvalue weighted by Gasteiger charge is -2.06. The monoisotopic (exact) mass is 244 g/mol. The van der Waals surface area contributed by atoms with E-state index in [-0.39, 0.29) is 12.2 Å². The predicted octanol–water partition coefficient (Wildman–Crippen LogP) is 1.72. The van der Waals surface area contributed by atoms with Crippen LogP contribution in [0.4, 0.5) is 8.78 Å². The number of carbonyl (C=O) groups excluding carboxylic acids is 2. The molecule has 0 radical (unpaired) electrons. The van der Waals surface area contributed by atoms with Crippen LogP contribution in [0.2, 0.25) is 0 Å². The Morgan fingerprint density at radius 2 is 1.94 bits per heavy atom. The minimum absolute atomic E-state index is 0.0192. The lowest BCUT2D eigenvalue weighted by Crippen LogP contribution is -2.18. The highest BCUT2D eigenvalue weighted by Crippen LogP contribution is 2.22. The Balaban J connectivity index is 3.11. The minimum Gasteiger partial charge on any atom is -0.494 e. The molecule has 0 aliphatic carbocycles. The number of methoxy groups -OCH3 is 1. The zero-order valence-corrected chi connectivity index (χ0v) is 9.25. The first kappa shape index (κ1) is 13.1. The van der Waals surface area contributed by atoms with Gasteiger partial charge in [0.25, 0.3) is 5.78 Å². The second-order valence-electron chi connectivity index (χ2n) is 3.02. The van der Waals surface area contributed by atoms with Crippen LogP contribution in [-0.2, 0) is 9.53 Å². The molecule has 1 rings (SSSR count). The molecule has 0 N–H and O–H groups in total. The van der Waals surface area contributed by atoms with Crippen molar-refractivity contribution < 1.29 is 27.8 Å². The Kier molecular flexibility index (Phi) is 4.14. The number of benzene rings is 1. The molecular formula is C11H10F2O4. The summed E-state index contributed by atoms with van der Waals surface area (Å²) < 4.78 is 35.1. The number of Topliss-reactive ketones (excluding diaryl/α,β-unsaturated/α-hetero) is 1. The van der Waals surface area contributed by atoms with E-state index in [4.69, 9.17) is 0 Å².